The minimum absolute atomic E-state index is 0.121. The molecule has 0 atom stereocenters. The second-order valence-corrected chi connectivity index (χ2v) is 5.71. The van der Waals surface area contributed by atoms with Gasteiger partial charge in [-0.25, -0.2) is 4.39 Å². The van der Waals surface area contributed by atoms with Gasteiger partial charge in [0.15, 0.2) is 0 Å². The zero-order chi connectivity index (χ0) is 13.7. The summed E-state index contributed by atoms with van der Waals surface area (Å²) in [5.74, 6) is 0.603. The van der Waals surface area contributed by atoms with Crippen molar-refractivity contribution in [3.05, 3.63) is 29.6 Å². The maximum atomic E-state index is 14.1. The highest BCUT2D eigenvalue weighted by Crippen LogP contribution is 2.27. The molecule has 0 saturated heterocycles. The molecule has 0 bridgehead atoms. The summed E-state index contributed by atoms with van der Waals surface area (Å²) in [6.07, 6.45) is 7.34. The van der Waals surface area contributed by atoms with Crippen LogP contribution in [0.15, 0.2) is 18.2 Å². The van der Waals surface area contributed by atoms with Crippen molar-refractivity contribution in [2.45, 2.75) is 38.5 Å². The summed E-state index contributed by atoms with van der Waals surface area (Å²) in [5, 5.41) is 0. The van der Waals surface area contributed by atoms with Crippen LogP contribution in [0, 0.1) is 11.7 Å². The van der Waals surface area contributed by atoms with E-state index in [1.165, 1.54) is 32.1 Å². The Morgan fingerprint density at radius 2 is 2.00 bits per heavy atom. The fourth-order valence-electron chi connectivity index (χ4n) is 3.04. The maximum Gasteiger partial charge on any atom is 0.146 e. The van der Waals surface area contributed by atoms with Gasteiger partial charge in [-0.15, -0.1) is 0 Å². The number of nitrogens with zero attached hydrogens (tertiary/aromatic N) is 1. The normalized spacial score (nSPS) is 16.6. The van der Waals surface area contributed by atoms with Gasteiger partial charge in [-0.2, -0.15) is 0 Å². The van der Waals surface area contributed by atoms with Crippen molar-refractivity contribution in [2.75, 3.05) is 25.0 Å². The van der Waals surface area contributed by atoms with E-state index >= 15 is 0 Å². The maximum absolute atomic E-state index is 14.1. The van der Waals surface area contributed by atoms with Crippen molar-refractivity contribution >= 4 is 5.69 Å². The van der Waals surface area contributed by atoms with Crippen LogP contribution in [0.2, 0.25) is 0 Å². The van der Waals surface area contributed by atoms with E-state index in [1.807, 2.05) is 19.2 Å². The smallest absolute Gasteiger partial charge is 0.146 e. The van der Waals surface area contributed by atoms with Gasteiger partial charge >= 0.3 is 0 Å². The molecule has 2 rings (SSSR count). The summed E-state index contributed by atoms with van der Waals surface area (Å²) in [6, 6.07) is 5.51. The van der Waals surface area contributed by atoms with E-state index in [4.69, 9.17) is 5.73 Å². The summed E-state index contributed by atoms with van der Waals surface area (Å²) >= 11 is 0. The van der Waals surface area contributed by atoms with Crippen LogP contribution in [0.5, 0.6) is 0 Å². The van der Waals surface area contributed by atoms with Crippen LogP contribution < -0.4 is 10.6 Å². The Kier molecular flexibility index (Phi) is 5.20. The van der Waals surface area contributed by atoms with E-state index < -0.39 is 0 Å². The van der Waals surface area contributed by atoms with Gasteiger partial charge in [0.2, 0.25) is 0 Å². The molecule has 3 heteroatoms. The first kappa shape index (κ1) is 14.3. The number of rotatable bonds is 5. The lowest BCUT2D eigenvalue weighted by Gasteiger charge is -2.28. The molecular formula is C16H25FN2. The Bertz CT molecular complexity index is 400. The minimum atomic E-state index is -0.121. The van der Waals surface area contributed by atoms with Crippen molar-refractivity contribution in [1.29, 1.82) is 0 Å². The molecule has 1 saturated carbocycles. The first-order chi connectivity index (χ1) is 9.20. The Labute approximate surface area is 115 Å². The van der Waals surface area contributed by atoms with Crippen molar-refractivity contribution < 1.29 is 4.39 Å². The Balaban J connectivity index is 1.99. The fraction of sp³-hybridized carbons (Fsp3) is 0.625. The van der Waals surface area contributed by atoms with Gasteiger partial charge in [0.1, 0.15) is 5.82 Å². The summed E-state index contributed by atoms with van der Waals surface area (Å²) in [4.78, 5) is 2.07. The van der Waals surface area contributed by atoms with Crippen LogP contribution >= 0.6 is 0 Å². The SMILES string of the molecule is CN(CC1CCCCC1)c1ccc(CCN)cc1F. The third-order valence-corrected chi connectivity index (χ3v) is 4.11. The van der Waals surface area contributed by atoms with Crippen molar-refractivity contribution in [3.8, 4) is 0 Å². The molecule has 1 aromatic rings. The molecule has 1 fully saturated rings. The predicted molar refractivity (Wildman–Crippen MR) is 79.0 cm³/mol. The molecule has 1 aliphatic rings. The molecule has 0 radical (unpaired) electrons. The Hall–Kier alpha value is -1.09. The summed E-state index contributed by atoms with van der Waals surface area (Å²) < 4.78 is 14.1. The van der Waals surface area contributed by atoms with Gasteiger partial charge in [-0.1, -0.05) is 25.3 Å². The third kappa shape index (κ3) is 3.93. The number of nitrogens with two attached hydrogens (primary N) is 1. The van der Waals surface area contributed by atoms with Crippen molar-refractivity contribution in [3.63, 3.8) is 0 Å². The van der Waals surface area contributed by atoms with Gasteiger partial charge in [0.05, 0.1) is 5.69 Å². The Morgan fingerprint density at radius 1 is 1.26 bits per heavy atom. The highest BCUT2D eigenvalue weighted by atomic mass is 19.1. The largest absolute Gasteiger partial charge is 0.372 e. The summed E-state index contributed by atoms with van der Waals surface area (Å²) in [7, 11) is 2.00. The van der Waals surface area contributed by atoms with E-state index in [0.29, 0.717) is 12.2 Å². The molecule has 0 aliphatic heterocycles. The van der Waals surface area contributed by atoms with Crippen LogP contribution in [0.1, 0.15) is 37.7 Å². The van der Waals surface area contributed by atoms with Crippen LogP contribution in [-0.2, 0) is 6.42 Å². The molecule has 0 aromatic heterocycles. The molecule has 0 heterocycles. The van der Waals surface area contributed by atoms with E-state index in [9.17, 15) is 4.39 Å². The van der Waals surface area contributed by atoms with Gasteiger partial charge in [0, 0.05) is 13.6 Å². The number of hydrogen-bond acceptors (Lipinski definition) is 2. The lowest BCUT2D eigenvalue weighted by molar-refractivity contribution is 0.361. The molecule has 1 aliphatic carbocycles. The molecule has 2 nitrogen and oxygen atoms in total. The fourth-order valence-corrected chi connectivity index (χ4v) is 3.04. The standard InChI is InChI=1S/C16H25FN2/c1-19(12-14-5-3-2-4-6-14)16-8-7-13(9-10-18)11-15(16)17/h7-8,11,14H,2-6,9-10,12,18H2,1H3. The van der Waals surface area contributed by atoms with Crippen LogP contribution in [0.25, 0.3) is 0 Å². The zero-order valence-corrected chi connectivity index (χ0v) is 11.9. The lowest BCUT2D eigenvalue weighted by atomic mass is 9.89. The van der Waals surface area contributed by atoms with Crippen molar-refractivity contribution in [2.24, 2.45) is 11.7 Å². The first-order valence-electron chi connectivity index (χ1n) is 7.40. The van der Waals surface area contributed by atoms with Crippen LogP contribution in [0.4, 0.5) is 10.1 Å². The quantitative estimate of drug-likeness (QED) is 0.883. The first-order valence-corrected chi connectivity index (χ1v) is 7.40. The van der Waals surface area contributed by atoms with Gasteiger partial charge in [0.25, 0.3) is 0 Å². The molecule has 2 N–H and O–H groups in total. The molecule has 0 spiro atoms. The number of halogens is 1. The molecule has 0 amide bonds. The second-order valence-electron chi connectivity index (χ2n) is 5.71. The zero-order valence-electron chi connectivity index (χ0n) is 11.9. The average Bonchev–Trinajstić information content (AvgIpc) is 2.40. The van der Waals surface area contributed by atoms with Crippen LogP contribution in [-0.4, -0.2) is 20.1 Å². The van der Waals surface area contributed by atoms with Gasteiger partial charge in [-0.3, -0.25) is 0 Å². The van der Waals surface area contributed by atoms with Gasteiger partial charge < -0.3 is 10.6 Å². The highest BCUT2D eigenvalue weighted by Gasteiger charge is 2.17. The summed E-state index contributed by atoms with van der Waals surface area (Å²) in [5.41, 5.74) is 7.19. The van der Waals surface area contributed by atoms with E-state index in [2.05, 4.69) is 4.90 Å². The molecule has 19 heavy (non-hydrogen) atoms. The minimum Gasteiger partial charge on any atom is -0.372 e. The van der Waals surface area contributed by atoms with Gasteiger partial charge in [-0.05, 0) is 49.4 Å². The monoisotopic (exact) mass is 264 g/mol. The molecule has 1 aromatic carbocycles. The number of benzene rings is 1. The summed E-state index contributed by atoms with van der Waals surface area (Å²) in [6.45, 7) is 1.53. The predicted octanol–water partition coefficient (Wildman–Crippen LogP) is 3.34. The van der Waals surface area contributed by atoms with E-state index in [-0.39, 0.29) is 5.82 Å². The molecule has 106 valence electrons. The average molecular weight is 264 g/mol. The van der Waals surface area contributed by atoms with E-state index in [1.54, 1.807) is 6.07 Å². The third-order valence-electron chi connectivity index (χ3n) is 4.11. The Morgan fingerprint density at radius 3 is 2.63 bits per heavy atom. The highest BCUT2D eigenvalue weighted by molar-refractivity contribution is 5.48. The topological polar surface area (TPSA) is 29.3 Å². The van der Waals surface area contributed by atoms with Crippen molar-refractivity contribution in [1.82, 2.24) is 0 Å². The van der Waals surface area contributed by atoms with Crippen LogP contribution in [0.3, 0.4) is 0 Å². The molecule has 0 unspecified atom stereocenters. The number of hydrogen-bond donors (Lipinski definition) is 1. The lowest BCUT2D eigenvalue weighted by Crippen LogP contribution is -2.27. The second kappa shape index (κ2) is 6.90. The molecular weight excluding hydrogens is 239 g/mol. The number of anilines is 1. The van der Waals surface area contributed by atoms with E-state index in [0.717, 1.165) is 24.4 Å².